The molecule has 4 heterocycles. The molecule has 242 valence electrons. The molecule has 1 aliphatic rings. The fourth-order valence-corrected chi connectivity index (χ4v) is 6.42. The number of hydrogen-bond acceptors (Lipinski definition) is 6. The van der Waals surface area contributed by atoms with E-state index in [0.29, 0.717) is 23.0 Å². The Morgan fingerprint density at radius 3 is 2.68 bits per heavy atom. The molecule has 0 bridgehead atoms. The van der Waals surface area contributed by atoms with Crippen LogP contribution in [0.25, 0.3) is 50.2 Å². The molecule has 3 N–H and O–H groups in total. The van der Waals surface area contributed by atoms with Crippen LogP contribution in [0.4, 0.5) is 4.39 Å². The molecule has 0 spiro atoms. The third-order valence-electron chi connectivity index (χ3n) is 8.95. The van der Waals surface area contributed by atoms with Gasteiger partial charge in [-0.05, 0) is 106 Å². The molecule has 0 radical (unpaired) electrons. The smallest absolute Gasteiger partial charge is 0.159 e. The van der Waals surface area contributed by atoms with Gasteiger partial charge in [-0.3, -0.25) is 15.1 Å². The number of allylic oxidation sites excluding steroid dienone is 5. The van der Waals surface area contributed by atoms with E-state index in [1.54, 1.807) is 30.7 Å². The number of benzene rings is 1. The van der Waals surface area contributed by atoms with Gasteiger partial charge in [0, 0.05) is 28.5 Å². The minimum Gasteiger partial charge on any atom is -0.359 e. The first-order chi connectivity index (χ1) is 22.8. The quantitative estimate of drug-likeness (QED) is 0.120. The van der Waals surface area contributed by atoms with E-state index < -0.39 is 0 Å². The van der Waals surface area contributed by atoms with Crippen LogP contribution in [0, 0.1) is 11.7 Å². The summed E-state index contributed by atoms with van der Waals surface area (Å²) >= 11 is 0. The molecule has 0 atom stereocenters. The van der Waals surface area contributed by atoms with Crippen molar-refractivity contribution in [3.05, 3.63) is 103 Å². The molecule has 0 aliphatic heterocycles. The van der Waals surface area contributed by atoms with Crippen LogP contribution in [-0.2, 0) is 6.42 Å². The van der Waals surface area contributed by atoms with Gasteiger partial charge in [0.1, 0.15) is 11.5 Å². The number of H-pyrrole nitrogens is 2. The van der Waals surface area contributed by atoms with Crippen LogP contribution in [0.2, 0.25) is 0 Å². The largest absolute Gasteiger partial charge is 0.359 e. The van der Waals surface area contributed by atoms with Crippen molar-refractivity contribution in [3.8, 4) is 22.6 Å². The van der Waals surface area contributed by atoms with Crippen LogP contribution >= 0.6 is 0 Å². The molecule has 6 rings (SSSR count). The summed E-state index contributed by atoms with van der Waals surface area (Å²) in [6, 6.07) is 7.22. The molecule has 1 aliphatic carbocycles. The molecular formula is C38H43FN8. The zero-order valence-electron chi connectivity index (χ0n) is 27.5. The topological polar surface area (TPSA) is 98.4 Å². The number of imidazole rings is 1. The van der Waals surface area contributed by atoms with Crippen molar-refractivity contribution >= 4 is 27.5 Å². The minimum absolute atomic E-state index is 0.268. The Bertz CT molecular complexity index is 1970. The first-order valence-corrected chi connectivity index (χ1v) is 16.4. The number of pyridine rings is 2. The van der Waals surface area contributed by atoms with Crippen LogP contribution in [0.1, 0.15) is 56.7 Å². The summed E-state index contributed by atoms with van der Waals surface area (Å²) in [6.45, 7) is 11.3. The van der Waals surface area contributed by atoms with Gasteiger partial charge in [-0.25, -0.2) is 9.37 Å². The SMILES string of the molecule is C=C/C(=C\C(=C/C)c1cc2c(-c3nc4c(-c5cc(F)cc(CCCN(C)C)c5)cncc4[nH]3)n[nH]c2cn1)NC(=C)C1CCCCC1. The predicted octanol–water partition coefficient (Wildman–Crippen LogP) is 8.35. The van der Waals surface area contributed by atoms with E-state index in [4.69, 9.17) is 9.97 Å². The van der Waals surface area contributed by atoms with Gasteiger partial charge in [-0.2, -0.15) is 5.10 Å². The lowest BCUT2D eigenvalue weighted by molar-refractivity contribution is 0.393. The molecule has 1 aromatic carbocycles. The summed E-state index contributed by atoms with van der Waals surface area (Å²) in [4.78, 5) is 19.7. The van der Waals surface area contributed by atoms with Crippen molar-refractivity contribution in [2.75, 3.05) is 20.6 Å². The predicted molar refractivity (Wildman–Crippen MR) is 190 cm³/mol. The van der Waals surface area contributed by atoms with Gasteiger partial charge in [-0.15, -0.1) is 0 Å². The van der Waals surface area contributed by atoms with Gasteiger partial charge >= 0.3 is 0 Å². The second kappa shape index (κ2) is 14.3. The molecular weight excluding hydrogens is 587 g/mol. The Morgan fingerprint density at radius 2 is 1.91 bits per heavy atom. The fraction of sp³-hybridized carbons (Fsp3) is 0.316. The Morgan fingerprint density at radius 1 is 1.09 bits per heavy atom. The highest BCUT2D eigenvalue weighted by Gasteiger charge is 2.19. The first-order valence-electron chi connectivity index (χ1n) is 16.4. The maximum Gasteiger partial charge on any atom is 0.159 e. The lowest BCUT2D eigenvalue weighted by Crippen LogP contribution is -2.20. The zero-order chi connectivity index (χ0) is 32.9. The molecule has 8 nitrogen and oxygen atoms in total. The summed E-state index contributed by atoms with van der Waals surface area (Å²) in [7, 11) is 4.09. The van der Waals surface area contributed by atoms with E-state index >= 15 is 0 Å². The number of fused-ring (bicyclic) bond motifs is 2. The van der Waals surface area contributed by atoms with Crippen molar-refractivity contribution in [1.29, 1.82) is 0 Å². The fourth-order valence-electron chi connectivity index (χ4n) is 6.42. The van der Waals surface area contributed by atoms with Gasteiger partial charge in [-0.1, -0.05) is 44.6 Å². The van der Waals surface area contributed by atoms with Crippen molar-refractivity contribution in [3.63, 3.8) is 0 Å². The van der Waals surface area contributed by atoms with Crippen molar-refractivity contribution < 1.29 is 4.39 Å². The van der Waals surface area contributed by atoms with Crippen molar-refractivity contribution in [2.24, 2.45) is 5.92 Å². The van der Waals surface area contributed by atoms with Crippen molar-refractivity contribution in [1.82, 2.24) is 40.3 Å². The van der Waals surface area contributed by atoms with Gasteiger partial charge < -0.3 is 15.2 Å². The third kappa shape index (κ3) is 7.25. The Kier molecular flexibility index (Phi) is 9.73. The van der Waals surface area contributed by atoms with E-state index in [1.165, 1.54) is 32.1 Å². The number of aryl methyl sites for hydroxylation is 1. The molecule has 9 heteroatoms. The highest BCUT2D eigenvalue weighted by Crippen LogP contribution is 2.33. The van der Waals surface area contributed by atoms with Gasteiger partial charge in [0.05, 0.1) is 34.6 Å². The Balaban J connectivity index is 1.31. The minimum atomic E-state index is -0.268. The van der Waals surface area contributed by atoms with E-state index in [1.807, 2.05) is 45.3 Å². The Hall–Kier alpha value is -4.89. The summed E-state index contributed by atoms with van der Waals surface area (Å²) in [5.74, 6) is 0.810. The van der Waals surface area contributed by atoms with E-state index in [-0.39, 0.29) is 5.82 Å². The molecule has 0 amide bonds. The molecule has 1 fully saturated rings. The first kappa shape index (κ1) is 32.1. The molecule has 47 heavy (non-hydrogen) atoms. The lowest BCUT2D eigenvalue weighted by atomic mass is 9.87. The lowest BCUT2D eigenvalue weighted by Gasteiger charge is -2.25. The number of nitrogens with zero attached hydrogens (tertiary/aromatic N) is 5. The molecule has 1 saturated carbocycles. The number of nitrogens with one attached hydrogen (secondary N) is 3. The second-order valence-corrected chi connectivity index (χ2v) is 12.6. The van der Waals surface area contributed by atoms with Gasteiger partial charge in [0.2, 0.25) is 0 Å². The third-order valence-corrected chi connectivity index (χ3v) is 8.95. The normalized spacial score (nSPS) is 14.7. The highest BCUT2D eigenvalue weighted by atomic mass is 19.1. The highest BCUT2D eigenvalue weighted by molar-refractivity contribution is 5.97. The average Bonchev–Trinajstić information content (AvgIpc) is 3.70. The second-order valence-electron chi connectivity index (χ2n) is 12.6. The van der Waals surface area contributed by atoms with E-state index in [2.05, 4.69) is 49.6 Å². The van der Waals surface area contributed by atoms with Gasteiger partial charge in [0.15, 0.2) is 5.82 Å². The number of halogens is 1. The van der Waals surface area contributed by atoms with E-state index in [9.17, 15) is 4.39 Å². The molecule has 0 unspecified atom stereocenters. The zero-order valence-corrected chi connectivity index (χ0v) is 27.5. The molecule has 5 aromatic rings. The van der Waals surface area contributed by atoms with E-state index in [0.717, 1.165) is 75.2 Å². The maximum atomic E-state index is 14.8. The number of aromatic amines is 2. The van der Waals surface area contributed by atoms with Crippen molar-refractivity contribution in [2.45, 2.75) is 51.9 Å². The van der Waals surface area contributed by atoms with Crippen LogP contribution in [0.3, 0.4) is 0 Å². The van der Waals surface area contributed by atoms with Crippen LogP contribution in [0.5, 0.6) is 0 Å². The molecule has 0 saturated heterocycles. The summed E-state index contributed by atoms with van der Waals surface area (Å²) in [6.07, 6.45) is 19.1. The standard InChI is InChI=1S/C38H43FN8/c1-6-26(19-30(7-2)42-24(3)27-13-9-8-10-14-27)33-20-31-34(23-41-33)45-46-37(31)38-43-35-22-40-21-32(36(35)44-38)28-16-25(17-29(39)18-28)12-11-15-47(4)5/h6-7,16-23,27,42H,2-3,8-15H2,1,4-5H3,(H,43,44)(H,45,46)/b26-6+,30-19+. The Labute approximate surface area is 275 Å². The average molecular weight is 631 g/mol. The van der Waals surface area contributed by atoms with Crippen LogP contribution < -0.4 is 5.32 Å². The molecule has 4 aromatic heterocycles. The maximum absolute atomic E-state index is 14.8. The summed E-state index contributed by atoms with van der Waals surface area (Å²) in [5.41, 5.74) is 9.07. The summed E-state index contributed by atoms with van der Waals surface area (Å²) < 4.78 is 14.8. The number of aromatic nitrogens is 6. The van der Waals surface area contributed by atoms with Crippen LogP contribution in [0.15, 0.2) is 85.6 Å². The number of rotatable bonds is 12. The van der Waals surface area contributed by atoms with Crippen LogP contribution in [-0.4, -0.2) is 55.7 Å². The summed E-state index contributed by atoms with van der Waals surface area (Å²) in [5, 5.41) is 12.1. The number of hydrogen-bond donors (Lipinski definition) is 3. The monoisotopic (exact) mass is 630 g/mol. The van der Waals surface area contributed by atoms with Gasteiger partial charge in [0.25, 0.3) is 0 Å².